The van der Waals surface area contributed by atoms with E-state index in [9.17, 15) is 4.79 Å². The van der Waals surface area contributed by atoms with Gasteiger partial charge in [-0.25, -0.2) is 0 Å². The number of rotatable bonds is 1. The van der Waals surface area contributed by atoms with E-state index in [-0.39, 0.29) is 5.91 Å². The van der Waals surface area contributed by atoms with Crippen LogP contribution in [0.15, 0.2) is 0 Å². The number of hydrogen-bond donors (Lipinski definition) is 2. The van der Waals surface area contributed by atoms with Crippen molar-refractivity contribution in [3.8, 4) is 0 Å². The molecule has 3 nitrogen and oxygen atoms in total. The van der Waals surface area contributed by atoms with Crippen LogP contribution in [-0.2, 0) is 4.79 Å². The molecule has 0 unspecified atom stereocenters. The molecule has 0 radical (unpaired) electrons. The SMILES string of the molecule is CC(=O)N[C@@H]1CN[C@H](C)C1. The van der Waals surface area contributed by atoms with Crippen LogP contribution in [-0.4, -0.2) is 24.5 Å². The zero-order chi connectivity index (χ0) is 7.56. The standard InChI is InChI=1S/C7H14N2O/c1-5-3-7(4-8-5)9-6(2)10/h5,7-8H,3-4H2,1-2H3,(H,9,10)/t5-,7+/m1/s1. The van der Waals surface area contributed by atoms with Gasteiger partial charge in [-0.15, -0.1) is 0 Å². The van der Waals surface area contributed by atoms with Gasteiger partial charge in [0.2, 0.25) is 5.91 Å². The van der Waals surface area contributed by atoms with Crippen LogP contribution in [0.4, 0.5) is 0 Å². The Morgan fingerprint density at radius 3 is 2.80 bits per heavy atom. The quantitative estimate of drug-likeness (QED) is 0.535. The zero-order valence-corrected chi connectivity index (χ0v) is 6.48. The van der Waals surface area contributed by atoms with Crippen LogP contribution in [0, 0.1) is 0 Å². The van der Waals surface area contributed by atoms with E-state index in [1.54, 1.807) is 6.92 Å². The second-order valence-corrected chi connectivity index (χ2v) is 2.94. The molecule has 1 saturated heterocycles. The fourth-order valence-electron chi connectivity index (χ4n) is 1.33. The van der Waals surface area contributed by atoms with Crippen LogP contribution in [0.1, 0.15) is 20.3 Å². The molecule has 1 amide bonds. The second kappa shape index (κ2) is 3.01. The van der Waals surface area contributed by atoms with Crippen molar-refractivity contribution in [3.63, 3.8) is 0 Å². The van der Waals surface area contributed by atoms with Gasteiger partial charge >= 0.3 is 0 Å². The third kappa shape index (κ3) is 1.99. The Hall–Kier alpha value is -0.570. The first kappa shape index (κ1) is 7.54. The molecule has 0 spiro atoms. The first-order chi connectivity index (χ1) is 4.68. The Kier molecular flexibility index (Phi) is 2.27. The fourth-order valence-corrected chi connectivity index (χ4v) is 1.33. The lowest BCUT2D eigenvalue weighted by molar-refractivity contribution is -0.119. The molecule has 1 heterocycles. The number of amides is 1. The first-order valence-corrected chi connectivity index (χ1v) is 3.69. The molecule has 1 fully saturated rings. The van der Waals surface area contributed by atoms with E-state index in [2.05, 4.69) is 17.6 Å². The van der Waals surface area contributed by atoms with Crippen LogP contribution < -0.4 is 10.6 Å². The Labute approximate surface area is 61.2 Å². The van der Waals surface area contributed by atoms with Crippen molar-refractivity contribution in [2.45, 2.75) is 32.4 Å². The minimum atomic E-state index is 0.0703. The topological polar surface area (TPSA) is 41.1 Å². The van der Waals surface area contributed by atoms with Gasteiger partial charge in [0.05, 0.1) is 0 Å². The highest BCUT2D eigenvalue weighted by Crippen LogP contribution is 2.04. The van der Waals surface area contributed by atoms with Crippen molar-refractivity contribution < 1.29 is 4.79 Å². The first-order valence-electron chi connectivity index (χ1n) is 3.69. The van der Waals surface area contributed by atoms with E-state index in [1.807, 2.05) is 0 Å². The lowest BCUT2D eigenvalue weighted by Crippen LogP contribution is -2.34. The summed E-state index contributed by atoms with van der Waals surface area (Å²) in [5.74, 6) is 0.0703. The van der Waals surface area contributed by atoms with Crippen molar-refractivity contribution in [2.75, 3.05) is 6.54 Å². The summed E-state index contributed by atoms with van der Waals surface area (Å²) >= 11 is 0. The Balaban J connectivity index is 2.24. The second-order valence-electron chi connectivity index (χ2n) is 2.94. The average molecular weight is 142 g/mol. The molecule has 0 aromatic carbocycles. The zero-order valence-electron chi connectivity index (χ0n) is 6.48. The van der Waals surface area contributed by atoms with Crippen LogP contribution in [0.5, 0.6) is 0 Å². The summed E-state index contributed by atoms with van der Waals surface area (Å²) in [5, 5.41) is 6.13. The predicted molar refractivity (Wildman–Crippen MR) is 39.7 cm³/mol. The Morgan fingerprint density at radius 1 is 1.70 bits per heavy atom. The van der Waals surface area contributed by atoms with Crippen molar-refractivity contribution >= 4 is 5.91 Å². The van der Waals surface area contributed by atoms with Crippen LogP contribution >= 0.6 is 0 Å². The molecule has 0 aromatic rings. The van der Waals surface area contributed by atoms with Gasteiger partial charge in [-0.1, -0.05) is 0 Å². The van der Waals surface area contributed by atoms with Crippen molar-refractivity contribution in [2.24, 2.45) is 0 Å². The van der Waals surface area contributed by atoms with E-state index in [0.29, 0.717) is 12.1 Å². The molecule has 1 rings (SSSR count). The number of nitrogens with one attached hydrogen (secondary N) is 2. The fraction of sp³-hybridized carbons (Fsp3) is 0.857. The third-order valence-electron chi connectivity index (χ3n) is 1.76. The van der Waals surface area contributed by atoms with Gasteiger partial charge in [0.15, 0.2) is 0 Å². The van der Waals surface area contributed by atoms with Crippen molar-refractivity contribution in [1.29, 1.82) is 0 Å². The van der Waals surface area contributed by atoms with Gasteiger partial charge in [-0.2, -0.15) is 0 Å². The summed E-state index contributed by atoms with van der Waals surface area (Å²) in [6, 6.07) is 0.907. The van der Waals surface area contributed by atoms with Gasteiger partial charge in [-0.05, 0) is 13.3 Å². The lowest BCUT2D eigenvalue weighted by Gasteiger charge is -2.07. The molecule has 2 atom stereocenters. The maximum Gasteiger partial charge on any atom is 0.217 e. The summed E-state index contributed by atoms with van der Waals surface area (Å²) in [6.45, 7) is 4.60. The van der Waals surface area contributed by atoms with Gasteiger partial charge in [0.1, 0.15) is 0 Å². The summed E-state index contributed by atoms with van der Waals surface area (Å²) < 4.78 is 0. The van der Waals surface area contributed by atoms with Crippen LogP contribution in [0.25, 0.3) is 0 Å². The maximum absolute atomic E-state index is 10.6. The number of hydrogen-bond acceptors (Lipinski definition) is 2. The molecule has 2 N–H and O–H groups in total. The highest BCUT2D eigenvalue weighted by atomic mass is 16.1. The van der Waals surface area contributed by atoms with E-state index >= 15 is 0 Å². The minimum Gasteiger partial charge on any atom is -0.352 e. The third-order valence-corrected chi connectivity index (χ3v) is 1.76. The monoisotopic (exact) mass is 142 g/mol. The van der Waals surface area contributed by atoms with E-state index in [1.165, 1.54) is 0 Å². The van der Waals surface area contributed by atoms with E-state index < -0.39 is 0 Å². The van der Waals surface area contributed by atoms with E-state index in [0.717, 1.165) is 13.0 Å². The van der Waals surface area contributed by atoms with Crippen molar-refractivity contribution in [1.82, 2.24) is 10.6 Å². The molecule has 0 bridgehead atoms. The Morgan fingerprint density at radius 2 is 2.40 bits per heavy atom. The van der Waals surface area contributed by atoms with Crippen molar-refractivity contribution in [3.05, 3.63) is 0 Å². The summed E-state index contributed by atoms with van der Waals surface area (Å²) in [7, 11) is 0. The number of carbonyl (C=O) groups excluding carboxylic acids is 1. The molecular weight excluding hydrogens is 128 g/mol. The number of carbonyl (C=O) groups is 1. The minimum absolute atomic E-state index is 0.0703. The highest BCUT2D eigenvalue weighted by molar-refractivity contribution is 5.73. The summed E-state index contributed by atoms with van der Waals surface area (Å²) in [5.41, 5.74) is 0. The smallest absolute Gasteiger partial charge is 0.217 e. The molecule has 1 aliphatic rings. The van der Waals surface area contributed by atoms with Gasteiger partial charge in [-0.3, -0.25) is 4.79 Å². The molecule has 0 aliphatic carbocycles. The Bertz CT molecular complexity index is 136. The highest BCUT2D eigenvalue weighted by Gasteiger charge is 2.20. The van der Waals surface area contributed by atoms with Gasteiger partial charge < -0.3 is 10.6 Å². The normalized spacial score (nSPS) is 32.2. The predicted octanol–water partition coefficient (Wildman–Crippen LogP) is -0.127. The molecule has 58 valence electrons. The molecule has 3 heteroatoms. The van der Waals surface area contributed by atoms with Crippen LogP contribution in [0.3, 0.4) is 0 Å². The molecule has 0 saturated carbocycles. The molecule has 1 aliphatic heterocycles. The molecule has 10 heavy (non-hydrogen) atoms. The van der Waals surface area contributed by atoms with Crippen LogP contribution in [0.2, 0.25) is 0 Å². The molecule has 0 aromatic heterocycles. The molecular formula is C7H14N2O. The maximum atomic E-state index is 10.6. The summed E-state index contributed by atoms with van der Waals surface area (Å²) in [4.78, 5) is 10.6. The lowest BCUT2D eigenvalue weighted by atomic mass is 10.2. The summed E-state index contributed by atoms with van der Waals surface area (Å²) in [6.07, 6.45) is 1.06. The largest absolute Gasteiger partial charge is 0.352 e. The van der Waals surface area contributed by atoms with Gasteiger partial charge in [0, 0.05) is 25.6 Å². The van der Waals surface area contributed by atoms with Gasteiger partial charge in [0.25, 0.3) is 0 Å². The van der Waals surface area contributed by atoms with E-state index in [4.69, 9.17) is 0 Å². The average Bonchev–Trinajstić information content (AvgIpc) is 2.13.